The molecule has 0 aromatic carbocycles. The highest BCUT2D eigenvalue weighted by atomic mass is 16.3. The van der Waals surface area contributed by atoms with Crippen LogP contribution < -0.4 is 5.32 Å². The number of nitrogens with one attached hydrogen (secondary N) is 1. The van der Waals surface area contributed by atoms with E-state index in [-0.39, 0.29) is 12.0 Å². The quantitative estimate of drug-likeness (QED) is 0.642. The van der Waals surface area contributed by atoms with E-state index in [9.17, 15) is 0 Å². The zero-order valence-corrected chi connectivity index (χ0v) is 8.85. The van der Waals surface area contributed by atoms with Crippen molar-refractivity contribution in [3.05, 3.63) is 0 Å². The van der Waals surface area contributed by atoms with Crippen molar-refractivity contribution < 1.29 is 5.11 Å². The molecule has 1 atom stereocenters. The molecule has 0 saturated carbocycles. The fourth-order valence-corrected chi connectivity index (χ4v) is 1.04. The minimum absolute atomic E-state index is 0.0159. The molecule has 0 amide bonds. The Labute approximate surface area is 76.4 Å². The van der Waals surface area contributed by atoms with E-state index in [1.807, 2.05) is 0 Å². The van der Waals surface area contributed by atoms with Crippen LogP contribution in [0, 0.1) is 5.41 Å². The maximum absolute atomic E-state index is 9.00. The molecule has 0 bridgehead atoms. The van der Waals surface area contributed by atoms with Gasteiger partial charge >= 0.3 is 0 Å². The Kier molecular flexibility index (Phi) is 5.51. The first-order chi connectivity index (χ1) is 5.52. The number of hydrogen-bond acceptors (Lipinski definition) is 2. The number of aliphatic hydroxyl groups is 1. The highest BCUT2D eigenvalue weighted by Gasteiger charge is 2.16. The summed E-state index contributed by atoms with van der Waals surface area (Å²) in [7, 11) is 0. The van der Waals surface area contributed by atoms with Gasteiger partial charge in [-0.1, -0.05) is 27.2 Å². The van der Waals surface area contributed by atoms with Crippen molar-refractivity contribution in [2.24, 2.45) is 5.41 Å². The average molecular weight is 173 g/mol. The fraction of sp³-hybridized carbons (Fsp3) is 1.00. The van der Waals surface area contributed by atoms with E-state index >= 15 is 0 Å². The summed E-state index contributed by atoms with van der Waals surface area (Å²) in [6.07, 6.45) is 2.43. The number of aliphatic hydroxyl groups excluding tert-OH is 1. The molecular formula is C10H23NO. The number of rotatable bonds is 6. The maximum atomic E-state index is 9.00. The Morgan fingerprint density at radius 1 is 1.42 bits per heavy atom. The van der Waals surface area contributed by atoms with Gasteiger partial charge in [0.1, 0.15) is 0 Å². The van der Waals surface area contributed by atoms with Gasteiger partial charge in [0.2, 0.25) is 0 Å². The predicted molar refractivity (Wildman–Crippen MR) is 53.2 cm³/mol. The lowest BCUT2D eigenvalue weighted by molar-refractivity contribution is 0.153. The molecule has 2 N–H and O–H groups in total. The van der Waals surface area contributed by atoms with Crippen LogP contribution in [0.5, 0.6) is 0 Å². The van der Waals surface area contributed by atoms with Crippen LogP contribution in [0.3, 0.4) is 0 Å². The van der Waals surface area contributed by atoms with Gasteiger partial charge in [0.25, 0.3) is 0 Å². The number of hydrogen-bond donors (Lipinski definition) is 2. The summed E-state index contributed by atoms with van der Waals surface area (Å²) < 4.78 is 0. The van der Waals surface area contributed by atoms with Crippen molar-refractivity contribution in [3.8, 4) is 0 Å². The molecular weight excluding hydrogens is 150 g/mol. The fourth-order valence-electron chi connectivity index (χ4n) is 1.04. The Balaban J connectivity index is 3.52. The van der Waals surface area contributed by atoms with Crippen LogP contribution >= 0.6 is 0 Å². The molecule has 0 radical (unpaired) electrons. The molecule has 0 aliphatic rings. The van der Waals surface area contributed by atoms with Gasteiger partial charge in [0.15, 0.2) is 0 Å². The van der Waals surface area contributed by atoms with Crippen LogP contribution in [0.25, 0.3) is 0 Å². The molecule has 0 spiro atoms. The molecule has 2 heteroatoms. The van der Waals surface area contributed by atoms with Crippen LogP contribution in [-0.2, 0) is 0 Å². The largest absolute Gasteiger partial charge is 0.396 e. The van der Waals surface area contributed by atoms with Gasteiger partial charge in [0, 0.05) is 24.6 Å². The SMILES string of the molecule is CCCC(C)NCC(C)(C)CO. The Morgan fingerprint density at radius 2 is 2.00 bits per heavy atom. The summed E-state index contributed by atoms with van der Waals surface area (Å²) in [6, 6.07) is 0.570. The van der Waals surface area contributed by atoms with Crippen molar-refractivity contribution >= 4 is 0 Å². The van der Waals surface area contributed by atoms with Crippen molar-refractivity contribution in [2.75, 3.05) is 13.2 Å². The molecule has 0 fully saturated rings. The van der Waals surface area contributed by atoms with Gasteiger partial charge in [-0.3, -0.25) is 0 Å². The lowest BCUT2D eigenvalue weighted by Crippen LogP contribution is -2.37. The maximum Gasteiger partial charge on any atom is 0.0494 e. The second kappa shape index (κ2) is 5.55. The standard InChI is InChI=1S/C10H23NO/c1-5-6-9(2)11-7-10(3,4)8-12/h9,11-12H,5-8H2,1-4H3. The predicted octanol–water partition coefficient (Wildman–Crippen LogP) is 1.78. The molecule has 0 saturated heterocycles. The molecule has 1 unspecified atom stereocenters. The van der Waals surface area contributed by atoms with Crippen molar-refractivity contribution in [2.45, 2.75) is 46.6 Å². The van der Waals surface area contributed by atoms with E-state index in [0.29, 0.717) is 6.04 Å². The zero-order chi connectivity index (χ0) is 9.61. The molecule has 0 aliphatic carbocycles. The van der Waals surface area contributed by atoms with E-state index in [1.54, 1.807) is 0 Å². The van der Waals surface area contributed by atoms with Crippen LogP contribution in [0.1, 0.15) is 40.5 Å². The Bertz CT molecular complexity index is 112. The summed E-state index contributed by atoms with van der Waals surface area (Å²) in [5, 5.41) is 12.4. The summed E-state index contributed by atoms with van der Waals surface area (Å²) in [5.74, 6) is 0. The second-order valence-electron chi connectivity index (χ2n) is 4.39. The van der Waals surface area contributed by atoms with Gasteiger partial charge in [-0.15, -0.1) is 0 Å². The summed E-state index contributed by atoms with van der Waals surface area (Å²) in [4.78, 5) is 0. The third-order valence-electron chi connectivity index (χ3n) is 2.08. The lowest BCUT2D eigenvalue weighted by Gasteiger charge is -2.24. The van der Waals surface area contributed by atoms with Gasteiger partial charge in [-0.2, -0.15) is 0 Å². The van der Waals surface area contributed by atoms with Crippen molar-refractivity contribution in [1.29, 1.82) is 0 Å². The van der Waals surface area contributed by atoms with E-state index in [2.05, 4.69) is 33.0 Å². The molecule has 0 heterocycles. The minimum atomic E-state index is 0.0159. The first-order valence-corrected chi connectivity index (χ1v) is 4.86. The van der Waals surface area contributed by atoms with E-state index in [1.165, 1.54) is 12.8 Å². The summed E-state index contributed by atoms with van der Waals surface area (Å²) >= 11 is 0. The Morgan fingerprint density at radius 3 is 2.42 bits per heavy atom. The highest BCUT2D eigenvalue weighted by molar-refractivity contribution is 4.72. The van der Waals surface area contributed by atoms with Crippen molar-refractivity contribution in [3.63, 3.8) is 0 Å². The van der Waals surface area contributed by atoms with E-state index in [0.717, 1.165) is 6.54 Å². The van der Waals surface area contributed by atoms with Gasteiger partial charge in [-0.05, 0) is 13.3 Å². The second-order valence-corrected chi connectivity index (χ2v) is 4.39. The zero-order valence-electron chi connectivity index (χ0n) is 8.85. The van der Waals surface area contributed by atoms with Crippen LogP contribution in [-0.4, -0.2) is 24.3 Å². The summed E-state index contributed by atoms with van der Waals surface area (Å²) in [6.45, 7) is 9.66. The molecule has 74 valence electrons. The van der Waals surface area contributed by atoms with Crippen LogP contribution in [0.4, 0.5) is 0 Å². The van der Waals surface area contributed by atoms with Crippen LogP contribution in [0.2, 0.25) is 0 Å². The van der Waals surface area contributed by atoms with E-state index in [4.69, 9.17) is 5.11 Å². The van der Waals surface area contributed by atoms with Crippen LogP contribution in [0.15, 0.2) is 0 Å². The summed E-state index contributed by atoms with van der Waals surface area (Å²) in [5.41, 5.74) is 0.0159. The Hall–Kier alpha value is -0.0800. The normalized spacial score (nSPS) is 14.8. The third kappa shape index (κ3) is 5.56. The smallest absolute Gasteiger partial charge is 0.0494 e. The topological polar surface area (TPSA) is 32.3 Å². The van der Waals surface area contributed by atoms with Gasteiger partial charge in [0.05, 0.1) is 0 Å². The first kappa shape index (κ1) is 11.9. The van der Waals surface area contributed by atoms with Gasteiger partial charge < -0.3 is 10.4 Å². The molecule has 12 heavy (non-hydrogen) atoms. The molecule has 0 aromatic rings. The third-order valence-corrected chi connectivity index (χ3v) is 2.08. The first-order valence-electron chi connectivity index (χ1n) is 4.86. The highest BCUT2D eigenvalue weighted by Crippen LogP contribution is 2.12. The average Bonchev–Trinajstić information content (AvgIpc) is 2.02. The van der Waals surface area contributed by atoms with Crippen molar-refractivity contribution in [1.82, 2.24) is 5.32 Å². The molecule has 0 aliphatic heterocycles. The van der Waals surface area contributed by atoms with E-state index < -0.39 is 0 Å². The van der Waals surface area contributed by atoms with Gasteiger partial charge in [-0.25, -0.2) is 0 Å². The monoisotopic (exact) mass is 173 g/mol. The minimum Gasteiger partial charge on any atom is -0.396 e. The molecule has 0 aromatic heterocycles. The molecule has 2 nitrogen and oxygen atoms in total. The molecule has 0 rings (SSSR count). The lowest BCUT2D eigenvalue weighted by atomic mass is 9.94.